The second-order valence-corrected chi connectivity index (χ2v) is 6.57. The highest BCUT2D eigenvalue weighted by molar-refractivity contribution is 5.85. The van der Waals surface area contributed by atoms with Gasteiger partial charge < -0.3 is 4.74 Å². The van der Waals surface area contributed by atoms with E-state index in [1.165, 1.54) is 5.56 Å². The third-order valence-electron chi connectivity index (χ3n) is 5.31. The van der Waals surface area contributed by atoms with Gasteiger partial charge in [-0.25, -0.2) is 0 Å². The van der Waals surface area contributed by atoms with Crippen molar-refractivity contribution in [2.45, 2.75) is 58.2 Å². The minimum atomic E-state index is -0.113. The van der Waals surface area contributed by atoms with Crippen LogP contribution in [0.3, 0.4) is 0 Å². The van der Waals surface area contributed by atoms with Gasteiger partial charge in [0.2, 0.25) is 0 Å². The van der Waals surface area contributed by atoms with Crippen LogP contribution in [-0.4, -0.2) is 11.9 Å². The van der Waals surface area contributed by atoms with Gasteiger partial charge in [0.05, 0.1) is 12.7 Å². The molecule has 108 valence electrons. The van der Waals surface area contributed by atoms with Crippen molar-refractivity contribution in [1.82, 2.24) is 0 Å². The Balaban J connectivity index is 1.68. The Morgan fingerprint density at radius 2 is 2.00 bits per heavy atom. The van der Waals surface area contributed by atoms with Gasteiger partial charge in [0.25, 0.3) is 0 Å². The van der Waals surface area contributed by atoms with E-state index in [1.807, 2.05) is 18.2 Å². The Labute approximate surface area is 121 Å². The van der Waals surface area contributed by atoms with Gasteiger partial charge in [-0.2, -0.15) is 0 Å². The molecule has 3 rings (SSSR count). The number of carbonyl (C=O) groups is 1. The lowest BCUT2D eigenvalue weighted by Gasteiger charge is -2.47. The number of ether oxygens (including phenoxy) is 1. The molecule has 2 aliphatic carbocycles. The summed E-state index contributed by atoms with van der Waals surface area (Å²) in [4.78, 5) is 12.3. The van der Waals surface area contributed by atoms with Crippen LogP contribution in [0, 0.1) is 11.3 Å². The minimum Gasteiger partial charge on any atom is -0.373 e. The van der Waals surface area contributed by atoms with Crippen LogP contribution in [0.5, 0.6) is 0 Å². The topological polar surface area (TPSA) is 26.3 Å². The van der Waals surface area contributed by atoms with E-state index in [0.717, 1.165) is 38.5 Å². The Hall–Kier alpha value is -1.15. The highest BCUT2D eigenvalue weighted by Gasteiger charge is 2.48. The highest BCUT2D eigenvalue weighted by Crippen LogP contribution is 2.49. The zero-order valence-corrected chi connectivity index (χ0v) is 12.3. The predicted octanol–water partition coefficient (Wildman–Crippen LogP) is 4.13. The summed E-state index contributed by atoms with van der Waals surface area (Å²) in [5.41, 5.74) is 1.11. The summed E-state index contributed by atoms with van der Waals surface area (Å²) in [6, 6.07) is 10.3. The maximum atomic E-state index is 12.3. The lowest BCUT2D eigenvalue weighted by atomic mass is 9.59. The molecule has 0 saturated heterocycles. The number of fused-ring (bicyclic) bond motifs is 1. The smallest absolute Gasteiger partial charge is 0.139 e. The summed E-state index contributed by atoms with van der Waals surface area (Å²) >= 11 is 0. The van der Waals surface area contributed by atoms with Crippen LogP contribution in [0.4, 0.5) is 0 Å². The van der Waals surface area contributed by atoms with Crippen LogP contribution in [0.1, 0.15) is 51.0 Å². The molecule has 0 radical (unpaired) electrons. The molecule has 2 heteroatoms. The molecule has 1 aromatic carbocycles. The molecule has 1 aromatic rings. The second-order valence-electron chi connectivity index (χ2n) is 6.57. The van der Waals surface area contributed by atoms with E-state index in [2.05, 4.69) is 19.1 Å². The first-order valence-corrected chi connectivity index (χ1v) is 7.89. The molecule has 2 fully saturated rings. The lowest BCUT2D eigenvalue weighted by Crippen LogP contribution is -2.48. The van der Waals surface area contributed by atoms with Crippen molar-refractivity contribution in [3.8, 4) is 0 Å². The third-order valence-corrected chi connectivity index (χ3v) is 5.31. The Morgan fingerprint density at radius 1 is 1.20 bits per heavy atom. The monoisotopic (exact) mass is 272 g/mol. The summed E-state index contributed by atoms with van der Waals surface area (Å²) in [7, 11) is 0. The number of ketones is 1. The van der Waals surface area contributed by atoms with E-state index >= 15 is 0 Å². The van der Waals surface area contributed by atoms with Gasteiger partial charge in [-0.3, -0.25) is 4.79 Å². The number of hydrogen-bond acceptors (Lipinski definition) is 2. The molecule has 0 unspecified atom stereocenters. The van der Waals surface area contributed by atoms with Crippen molar-refractivity contribution in [2.24, 2.45) is 11.3 Å². The lowest BCUT2D eigenvalue weighted by molar-refractivity contribution is -0.147. The van der Waals surface area contributed by atoms with Crippen molar-refractivity contribution in [2.75, 3.05) is 0 Å². The first kappa shape index (κ1) is 13.8. The van der Waals surface area contributed by atoms with Gasteiger partial charge in [-0.05, 0) is 43.6 Å². The van der Waals surface area contributed by atoms with Crippen LogP contribution in [0.25, 0.3) is 0 Å². The van der Waals surface area contributed by atoms with E-state index in [4.69, 9.17) is 4.74 Å². The van der Waals surface area contributed by atoms with Crippen molar-refractivity contribution in [1.29, 1.82) is 0 Å². The van der Waals surface area contributed by atoms with Crippen LogP contribution >= 0.6 is 0 Å². The van der Waals surface area contributed by atoms with Gasteiger partial charge in [-0.1, -0.05) is 37.3 Å². The molecule has 0 N–H and O–H groups in total. The van der Waals surface area contributed by atoms with Crippen molar-refractivity contribution in [3.63, 3.8) is 0 Å². The Bertz CT molecular complexity index is 468. The number of rotatable bonds is 3. The van der Waals surface area contributed by atoms with Crippen molar-refractivity contribution >= 4 is 5.78 Å². The molecule has 0 aromatic heterocycles. The quantitative estimate of drug-likeness (QED) is 0.827. The average molecular weight is 272 g/mol. The van der Waals surface area contributed by atoms with Crippen LogP contribution in [-0.2, 0) is 16.1 Å². The van der Waals surface area contributed by atoms with Gasteiger partial charge in [0, 0.05) is 11.8 Å². The second kappa shape index (κ2) is 5.69. The normalized spacial score (nSPS) is 33.8. The molecule has 0 aliphatic heterocycles. The maximum absolute atomic E-state index is 12.3. The zero-order chi connectivity index (χ0) is 14.0. The summed E-state index contributed by atoms with van der Waals surface area (Å²) in [5.74, 6) is 0.906. The molecular weight excluding hydrogens is 248 g/mol. The summed E-state index contributed by atoms with van der Waals surface area (Å²) in [6.07, 6.45) is 6.53. The summed E-state index contributed by atoms with van der Waals surface area (Å²) in [5, 5.41) is 0. The fraction of sp³-hybridized carbons (Fsp3) is 0.611. The number of benzene rings is 1. The summed E-state index contributed by atoms with van der Waals surface area (Å²) in [6.45, 7) is 2.85. The van der Waals surface area contributed by atoms with E-state index in [-0.39, 0.29) is 11.5 Å². The molecule has 2 saturated carbocycles. The van der Waals surface area contributed by atoms with E-state index < -0.39 is 0 Å². The minimum absolute atomic E-state index is 0.113. The van der Waals surface area contributed by atoms with Gasteiger partial charge in [-0.15, -0.1) is 0 Å². The van der Waals surface area contributed by atoms with Crippen LogP contribution < -0.4 is 0 Å². The average Bonchev–Trinajstić information content (AvgIpc) is 2.47. The fourth-order valence-corrected chi connectivity index (χ4v) is 4.06. The van der Waals surface area contributed by atoms with Gasteiger partial charge in [0.15, 0.2) is 0 Å². The van der Waals surface area contributed by atoms with E-state index in [1.54, 1.807) is 0 Å². The Morgan fingerprint density at radius 3 is 2.80 bits per heavy atom. The van der Waals surface area contributed by atoms with Crippen molar-refractivity contribution < 1.29 is 9.53 Å². The number of hydrogen-bond donors (Lipinski definition) is 0. The largest absolute Gasteiger partial charge is 0.373 e. The molecule has 0 bridgehead atoms. The SMILES string of the molecule is C[C@]12CCC[C@@H](OCc3ccccc3)[C@@H]1CCCC2=O. The molecule has 3 atom stereocenters. The predicted molar refractivity (Wildman–Crippen MR) is 79.3 cm³/mol. The molecule has 0 spiro atoms. The zero-order valence-electron chi connectivity index (χ0n) is 12.3. The first-order chi connectivity index (χ1) is 9.70. The van der Waals surface area contributed by atoms with E-state index in [0.29, 0.717) is 18.3 Å². The number of carbonyl (C=O) groups excluding carboxylic acids is 1. The molecule has 2 nitrogen and oxygen atoms in total. The molecule has 0 amide bonds. The molecule has 2 aliphatic rings. The number of Topliss-reactive ketones (excluding diaryl/α,β-unsaturated/α-hetero) is 1. The summed E-state index contributed by atoms with van der Waals surface area (Å²) < 4.78 is 6.20. The standard InChI is InChI=1S/C18H24O2/c1-18-12-6-10-16(15(18)9-5-11-17(18)19)20-13-14-7-3-2-4-8-14/h2-4,7-8,15-16H,5-6,9-13H2,1H3/t15-,16+,18-/m0/s1. The molecular formula is C18H24O2. The maximum Gasteiger partial charge on any atom is 0.139 e. The molecule has 0 heterocycles. The Kier molecular flexibility index (Phi) is 3.93. The van der Waals surface area contributed by atoms with Gasteiger partial charge in [0.1, 0.15) is 5.78 Å². The van der Waals surface area contributed by atoms with Crippen LogP contribution in [0.15, 0.2) is 30.3 Å². The fourth-order valence-electron chi connectivity index (χ4n) is 4.06. The first-order valence-electron chi connectivity index (χ1n) is 7.89. The van der Waals surface area contributed by atoms with E-state index in [9.17, 15) is 4.79 Å². The van der Waals surface area contributed by atoms with Gasteiger partial charge >= 0.3 is 0 Å². The molecule has 20 heavy (non-hydrogen) atoms. The highest BCUT2D eigenvalue weighted by atomic mass is 16.5. The van der Waals surface area contributed by atoms with Crippen LogP contribution in [0.2, 0.25) is 0 Å². The van der Waals surface area contributed by atoms with Crippen molar-refractivity contribution in [3.05, 3.63) is 35.9 Å². The third kappa shape index (κ3) is 2.54.